The van der Waals surface area contributed by atoms with Crippen LogP contribution < -0.4 is 5.32 Å². The highest BCUT2D eigenvalue weighted by atomic mass is 19.4. The Balaban J connectivity index is 2.70. The lowest BCUT2D eigenvalue weighted by molar-refractivity contribution is -0.174. The van der Waals surface area contributed by atoms with Crippen LogP contribution in [0.3, 0.4) is 0 Å². The zero-order valence-electron chi connectivity index (χ0n) is 10.5. The van der Waals surface area contributed by atoms with Gasteiger partial charge in [0.15, 0.2) is 0 Å². The van der Waals surface area contributed by atoms with Crippen molar-refractivity contribution >= 4 is 11.9 Å². The molecule has 7 heteroatoms. The normalized spacial score (nSPS) is 12.8. The van der Waals surface area contributed by atoms with Crippen LogP contribution in [0.2, 0.25) is 0 Å². The summed E-state index contributed by atoms with van der Waals surface area (Å²) in [6.07, 6.45) is -5.20. The molecular formula is C13H14F3NO3. The summed E-state index contributed by atoms with van der Waals surface area (Å²) in [7, 11) is 0. The topological polar surface area (TPSA) is 66.4 Å². The van der Waals surface area contributed by atoms with Crippen LogP contribution in [0.25, 0.3) is 0 Å². The smallest absolute Gasteiger partial charge is 0.471 e. The molecular weight excluding hydrogens is 275 g/mol. The van der Waals surface area contributed by atoms with Crippen LogP contribution >= 0.6 is 0 Å². The van der Waals surface area contributed by atoms with Crippen molar-refractivity contribution in [3.8, 4) is 0 Å². The first-order valence-corrected chi connectivity index (χ1v) is 5.92. The number of amides is 1. The third kappa shape index (κ3) is 5.73. The van der Waals surface area contributed by atoms with Gasteiger partial charge in [0.1, 0.15) is 0 Å². The maximum absolute atomic E-state index is 12.2. The minimum Gasteiger partial charge on any atom is -0.481 e. The number of rotatable bonds is 6. The van der Waals surface area contributed by atoms with Crippen molar-refractivity contribution < 1.29 is 27.9 Å². The number of carboxylic acids is 1. The van der Waals surface area contributed by atoms with Crippen LogP contribution in [0.1, 0.15) is 18.4 Å². The van der Waals surface area contributed by atoms with Gasteiger partial charge in [-0.15, -0.1) is 0 Å². The lowest BCUT2D eigenvalue weighted by Crippen LogP contribution is -2.44. The Bertz CT molecular complexity index is 460. The van der Waals surface area contributed by atoms with Crippen LogP contribution in [-0.2, 0) is 16.0 Å². The van der Waals surface area contributed by atoms with Crippen molar-refractivity contribution in [1.29, 1.82) is 0 Å². The van der Waals surface area contributed by atoms with E-state index >= 15 is 0 Å². The highest BCUT2D eigenvalue weighted by molar-refractivity contribution is 5.82. The quantitative estimate of drug-likeness (QED) is 0.843. The van der Waals surface area contributed by atoms with E-state index in [0.29, 0.717) is 0 Å². The molecule has 110 valence electrons. The Hall–Kier alpha value is -2.05. The van der Waals surface area contributed by atoms with Gasteiger partial charge in [0.05, 0.1) is 0 Å². The second kappa shape index (κ2) is 6.93. The van der Waals surface area contributed by atoms with E-state index in [1.807, 2.05) is 5.32 Å². The Morgan fingerprint density at radius 1 is 1.20 bits per heavy atom. The zero-order chi connectivity index (χ0) is 15.2. The summed E-state index contributed by atoms with van der Waals surface area (Å²) in [6.45, 7) is 0. The van der Waals surface area contributed by atoms with Crippen molar-refractivity contribution in [3.63, 3.8) is 0 Å². The van der Waals surface area contributed by atoms with Gasteiger partial charge >= 0.3 is 18.1 Å². The van der Waals surface area contributed by atoms with E-state index < -0.39 is 24.1 Å². The minimum atomic E-state index is -4.97. The molecule has 0 aromatic heterocycles. The fourth-order valence-electron chi connectivity index (χ4n) is 1.69. The molecule has 0 saturated carbocycles. The van der Waals surface area contributed by atoms with Gasteiger partial charge in [0.2, 0.25) is 0 Å². The van der Waals surface area contributed by atoms with Gasteiger partial charge in [0, 0.05) is 12.5 Å². The number of carbonyl (C=O) groups excluding carboxylic acids is 1. The highest BCUT2D eigenvalue weighted by Gasteiger charge is 2.39. The monoisotopic (exact) mass is 289 g/mol. The van der Waals surface area contributed by atoms with Crippen molar-refractivity contribution in [1.82, 2.24) is 5.32 Å². The summed E-state index contributed by atoms with van der Waals surface area (Å²) in [5.74, 6) is -3.17. The van der Waals surface area contributed by atoms with Crippen LogP contribution in [0.4, 0.5) is 13.2 Å². The number of carboxylic acid groups (broad SMARTS) is 1. The zero-order valence-corrected chi connectivity index (χ0v) is 10.5. The maximum Gasteiger partial charge on any atom is 0.471 e. The molecule has 0 bridgehead atoms. The molecule has 0 saturated heterocycles. The van der Waals surface area contributed by atoms with Gasteiger partial charge < -0.3 is 10.4 Å². The van der Waals surface area contributed by atoms with Gasteiger partial charge in [-0.3, -0.25) is 9.59 Å². The van der Waals surface area contributed by atoms with E-state index in [9.17, 15) is 22.8 Å². The van der Waals surface area contributed by atoms with E-state index in [2.05, 4.69) is 0 Å². The molecule has 0 heterocycles. The molecule has 1 unspecified atom stereocenters. The molecule has 0 radical (unpaired) electrons. The molecule has 4 nitrogen and oxygen atoms in total. The largest absolute Gasteiger partial charge is 0.481 e. The first-order valence-electron chi connectivity index (χ1n) is 5.92. The van der Waals surface area contributed by atoms with Gasteiger partial charge in [-0.2, -0.15) is 13.2 Å². The first kappa shape index (κ1) is 16.0. The van der Waals surface area contributed by atoms with Gasteiger partial charge in [-0.1, -0.05) is 30.3 Å². The van der Waals surface area contributed by atoms with Crippen LogP contribution in [0.15, 0.2) is 30.3 Å². The van der Waals surface area contributed by atoms with Crippen LogP contribution in [-0.4, -0.2) is 29.2 Å². The van der Waals surface area contributed by atoms with Gasteiger partial charge in [-0.05, 0) is 18.4 Å². The fourth-order valence-corrected chi connectivity index (χ4v) is 1.69. The molecule has 0 fully saturated rings. The summed E-state index contributed by atoms with van der Waals surface area (Å²) in [5.41, 5.74) is 0.727. The van der Waals surface area contributed by atoms with E-state index in [1.54, 1.807) is 30.3 Å². The molecule has 0 aliphatic carbocycles. The number of halogens is 3. The SMILES string of the molecule is O=C(O)CCC(Cc1ccccc1)NC(=O)C(F)(F)F. The van der Waals surface area contributed by atoms with E-state index in [0.717, 1.165) is 5.56 Å². The molecule has 1 atom stereocenters. The number of aliphatic carboxylic acids is 1. The first-order chi connectivity index (χ1) is 9.29. The predicted molar refractivity (Wildman–Crippen MR) is 65.0 cm³/mol. The number of carbonyl (C=O) groups is 2. The lowest BCUT2D eigenvalue weighted by atomic mass is 10.0. The van der Waals surface area contributed by atoms with Crippen LogP contribution in [0.5, 0.6) is 0 Å². The number of benzene rings is 1. The van der Waals surface area contributed by atoms with E-state index in [-0.39, 0.29) is 19.3 Å². The van der Waals surface area contributed by atoms with Gasteiger partial charge in [-0.25, -0.2) is 0 Å². The molecule has 0 spiro atoms. The lowest BCUT2D eigenvalue weighted by Gasteiger charge is -2.19. The Labute approximate surface area is 113 Å². The van der Waals surface area contributed by atoms with Crippen molar-refractivity contribution in [2.75, 3.05) is 0 Å². The van der Waals surface area contributed by atoms with Crippen molar-refractivity contribution in [3.05, 3.63) is 35.9 Å². The van der Waals surface area contributed by atoms with Crippen molar-refractivity contribution in [2.45, 2.75) is 31.5 Å². The second-order valence-corrected chi connectivity index (χ2v) is 4.29. The summed E-state index contributed by atoms with van der Waals surface area (Å²) >= 11 is 0. The predicted octanol–water partition coefficient (Wildman–Crippen LogP) is 2.14. The molecule has 0 aliphatic heterocycles. The molecule has 1 rings (SSSR count). The molecule has 0 aliphatic rings. The van der Waals surface area contributed by atoms with Gasteiger partial charge in [0.25, 0.3) is 0 Å². The summed E-state index contributed by atoms with van der Waals surface area (Å²) < 4.78 is 36.7. The Morgan fingerprint density at radius 2 is 1.80 bits per heavy atom. The standard InChI is InChI=1S/C13H14F3NO3/c14-13(15,16)12(20)17-10(6-7-11(18)19)8-9-4-2-1-3-5-9/h1-5,10H,6-8H2,(H,17,20)(H,18,19). The summed E-state index contributed by atoms with van der Waals surface area (Å²) in [4.78, 5) is 21.4. The number of hydrogen-bond donors (Lipinski definition) is 2. The fraction of sp³-hybridized carbons (Fsp3) is 0.385. The molecule has 2 N–H and O–H groups in total. The van der Waals surface area contributed by atoms with Crippen LogP contribution in [0, 0.1) is 0 Å². The number of hydrogen-bond acceptors (Lipinski definition) is 2. The highest BCUT2D eigenvalue weighted by Crippen LogP contribution is 2.16. The third-order valence-electron chi connectivity index (χ3n) is 2.62. The third-order valence-corrected chi connectivity index (χ3v) is 2.62. The molecule has 1 aromatic rings. The average molecular weight is 289 g/mol. The number of alkyl halides is 3. The average Bonchev–Trinajstić information content (AvgIpc) is 2.36. The molecule has 1 amide bonds. The molecule has 1 aromatic carbocycles. The Morgan fingerprint density at radius 3 is 2.30 bits per heavy atom. The summed E-state index contributed by atoms with van der Waals surface area (Å²) in [6, 6.07) is 7.72. The maximum atomic E-state index is 12.2. The van der Waals surface area contributed by atoms with Crippen molar-refractivity contribution in [2.24, 2.45) is 0 Å². The second-order valence-electron chi connectivity index (χ2n) is 4.29. The summed E-state index contributed by atoms with van der Waals surface area (Å²) in [5, 5.41) is 10.4. The Kier molecular flexibility index (Phi) is 5.54. The van der Waals surface area contributed by atoms with E-state index in [1.165, 1.54) is 0 Å². The number of nitrogens with one attached hydrogen (secondary N) is 1. The molecule has 20 heavy (non-hydrogen) atoms. The minimum absolute atomic E-state index is 0.0634. The van der Waals surface area contributed by atoms with E-state index in [4.69, 9.17) is 5.11 Å².